The number of hydrogen-bond donors (Lipinski definition) is 1. The van der Waals surface area contributed by atoms with Crippen LogP contribution >= 0.6 is 0 Å². The zero-order chi connectivity index (χ0) is 8.48. The molecule has 0 aromatic carbocycles. The van der Waals surface area contributed by atoms with Crippen molar-refractivity contribution in [3.63, 3.8) is 0 Å². The monoisotopic (exact) mass is 157 g/mol. The molecular weight excluding hydrogens is 146 g/mol. The van der Waals surface area contributed by atoms with Gasteiger partial charge in [0.15, 0.2) is 0 Å². The highest BCUT2D eigenvalue weighted by atomic mass is 16.5. The van der Waals surface area contributed by atoms with E-state index in [-0.39, 0.29) is 5.41 Å². The molecule has 1 aliphatic heterocycles. The third-order valence-corrected chi connectivity index (χ3v) is 1.51. The summed E-state index contributed by atoms with van der Waals surface area (Å²) in [7, 11) is 0. The van der Waals surface area contributed by atoms with Gasteiger partial charge >= 0.3 is 11.9 Å². The first-order valence-corrected chi connectivity index (χ1v) is 3.46. The molecule has 0 aliphatic carbocycles. The standard InChI is InChI=1S/C7H11NO3/c1-7(2)3-8-5(9)6(10)11-4-7/h3-4H2,1-2H3,(H,8,9). The van der Waals surface area contributed by atoms with E-state index in [9.17, 15) is 9.59 Å². The van der Waals surface area contributed by atoms with E-state index in [4.69, 9.17) is 0 Å². The van der Waals surface area contributed by atoms with Crippen LogP contribution in [-0.4, -0.2) is 25.0 Å². The van der Waals surface area contributed by atoms with Gasteiger partial charge in [0.1, 0.15) is 0 Å². The van der Waals surface area contributed by atoms with Crippen LogP contribution in [0.15, 0.2) is 0 Å². The maximum absolute atomic E-state index is 10.7. The first kappa shape index (κ1) is 8.04. The quantitative estimate of drug-likeness (QED) is 0.387. The lowest BCUT2D eigenvalue weighted by molar-refractivity contribution is -0.154. The van der Waals surface area contributed by atoms with E-state index in [1.807, 2.05) is 13.8 Å². The second kappa shape index (κ2) is 2.53. The maximum atomic E-state index is 10.7. The van der Waals surface area contributed by atoms with Crippen LogP contribution in [0.3, 0.4) is 0 Å². The fraction of sp³-hybridized carbons (Fsp3) is 0.714. The van der Waals surface area contributed by atoms with E-state index >= 15 is 0 Å². The van der Waals surface area contributed by atoms with Crippen molar-refractivity contribution in [1.82, 2.24) is 5.32 Å². The maximum Gasteiger partial charge on any atom is 0.396 e. The molecular formula is C7H11NO3. The molecule has 0 aromatic heterocycles. The van der Waals surface area contributed by atoms with Gasteiger partial charge in [0.05, 0.1) is 6.61 Å². The molecule has 0 atom stereocenters. The molecule has 4 heteroatoms. The summed E-state index contributed by atoms with van der Waals surface area (Å²) in [6, 6.07) is 0. The van der Waals surface area contributed by atoms with Crippen LogP contribution in [-0.2, 0) is 14.3 Å². The molecule has 1 aliphatic rings. The average molecular weight is 157 g/mol. The lowest BCUT2D eigenvalue weighted by atomic mass is 9.95. The molecule has 1 amide bonds. The van der Waals surface area contributed by atoms with Gasteiger partial charge in [-0.3, -0.25) is 4.79 Å². The highest BCUT2D eigenvalue weighted by molar-refractivity contribution is 6.32. The largest absolute Gasteiger partial charge is 0.458 e. The number of rotatable bonds is 0. The normalized spacial score (nSPS) is 23.5. The van der Waals surface area contributed by atoms with Gasteiger partial charge in [0.25, 0.3) is 0 Å². The molecule has 4 nitrogen and oxygen atoms in total. The number of nitrogens with one attached hydrogen (secondary N) is 1. The number of esters is 1. The van der Waals surface area contributed by atoms with Crippen molar-refractivity contribution in [3.8, 4) is 0 Å². The SMILES string of the molecule is CC1(C)CNC(=O)C(=O)OC1. The molecule has 1 saturated heterocycles. The van der Waals surface area contributed by atoms with Crippen LogP contribution in [0, 0.1) is 5.41 Å². The van der Waals surface area contributed by atoms with Crippen LogP contribution < -0.4 is 5.32 Å². The van der Waals surface area contributed by atoms with Crippen LogP contribution in [0.25, 0.3) is 0 Å². The molecule has 1 fully saturated rings. The number of amides is 1. The van der Waals surface area contributed by atoms with Gasteiger partial charge in [-0.2, -0.15) is 0 Å². The second-order valence-electron chi connectivity index (χ2n) is 3.42. The fourth-order valence-corrected chi connectivity index (χ4v) is 0.769. The second-order valence-corrected chi connectivity index (χ2v) is 3.42. The third kappa shape index (κ3) is 1.93. The highest BCUT2D eigenvalue weighted by Gasteiger charge is 2.28. The summed E-state index contributed by atoms with van der Waals surface area (Å²) in [5, 5.41) is 2.47. The minimum atomic E-state index is -0.782. The molecule has 0 unspecified atom stereocenters. The Morgan fingerprint density at radius 1 is 1.45 bits per heavy atom. The summed E-state index contributed by atoms with van der Waals surface area (Å²) in [5.41, 5.74) is -0.151. The summed E-state index contributed by atoms with van der Waals surface area (Å²) >= 11 is 0. The van der Waals surface area contributed by atoms with Gasteiger partial charge in [-0.25, -0.2) is 4.79 Å². The summed E-state index contributed by atoms with van der Waals surface area (Å²) in [6.45, 7) is 4.62. The van der Waals surface area contributed by atoms with Gasteiger partial charge < -0.3 is 10.1 Å². The molecule has 0 bridgehead atoms. The Bertz CT molecular complexity index is 178. The first-order chi connectivity index (χ1) is 5.01. The topological polar surface area (TPSA) is 55.4 Å². The van der Waals surface area contributed by atoms with Crippen LogP contribution in [0.1, 0.15) is 13.8 Å². The van der Waals surface area contributed by atoms with Crippen molar-refractivity contribution < 1.29 is 14.3 Å². The molecule has 1 rings (SSSR count). The van der Waals surface area contributed by atoms with Crippen molar-refractivity contribution in [2.45, 2.75) is 13.8 Å². The number of cyclic esters (lactones) is 1. The lowest BCUT2D eigenvalue weighted by Crippen LogP contribution is -2.33. The minimum Gasteiger partial charge on any atom is -0.458 e. The van der Waals surface area contributed by atoms with E-state index in [0.717, 1.165) is 0 Å². The number of carbonyl (C=O) groups is 2. The molecule has 0 saturated carbocycles. The predicted octanol–water partition coefficient (Wildman–Crippen LogP) is -0.314. The average Bonchev–Trinajstić information content (AvgIpc) is 2.03. The minimum absolute atomic E-state index is 0.151. The molecule has 0 aromatic rings. The van der Waals surface area contributed by atoms with Gasteiger partial charge in [0.2, 0.25) is 0 Å². The molecule has 1 N–H and O–H groups in total. The molecule has 0 radical (unpaired) electrons. The lowest BCUT2D eigenvalue weighted by Gasteiger charge is -2.19. The van der Waals surface area contributed by atoms with Gasteiger partial charge in [-0.15, -0.1) is 0 Å². The Balaban J connectivity index is 2.66. The summed E-state index contributed by atoms with van der Waals surface area (Å²) in [5.74, 6) is -1.42. The molecule has 11 heavy (non-hydrogen) atoms. The van der Waals surface area contributed by atoms with Crippen LogP contribution in [0.5, 0.6) is 0 Å². The highest BCUT2D eigenvalue weighted by Crippen LogP contribution is 2.15. The summed E-state index contributed by atoms with van der Waals surface area (Å²) in [6.07, 6.45) is 0. The fourth-order valence-electron chi connectivity index (χ4n) is 0.769. The van der Waals surface area contributed by atoms with Gasteiger partial charge in [-0.1, -0.05) is 13.8 Å². The van der Waals surface area contributed by atoms with Crippen LogP contribution in [0.4, 0.5) is 0 Å². The van der Waals surface area contributed by atoms with Crippen molar-refractivity contribution in [3.05, 3.63) is 0 Å². The third-order valence-electron chi connectivity index (χ3n) is 1.51. The Morgan fingerprint density at radius 2 is 2.09 bits per heavy atom. The number of hydrogen-bond acceptors (Lipinski definition) is 3. The van der Waals surface area contributed by atoms with Crippen molar-refractivity contribution in [2.24, 2.45) is 5.41 Å². The Morgan fingerprint density at radius 3 is 2.73 bits per heavy atom. The van der Waals surface area contributed by atoms with Gasteiger partial charge in [-0.05, 0) is 0 Å². The van der Waals surface area contributed by atoms with Crippen molar-refractivity contribution >= 4 is 11.9 Å². The number of carbonyl (C=O) groups excluding carboxylic acids is 2. The Kier molecular flexibility index (Phi) is 1.85. The van der Waals surface area contributed by atoms with E-state index in [2.05, 4.69) is 10.1 Å². The Labute approximate surface area is 64.9 Å². The van der Waals surface area contributed by atoms with E-state index in [0.29, 0.717) is 13.2 Å². The zero-order valence-electron chi connectivity index (χ0n) is 6.64. The smallest absolute Gasteiger partial charge is 0.396 e. The zero-order valence-corrected chi connectivity index (χ0v) is 6.64. The van der Waals surface area contributed by atoms with Crippen molar-refractivity contribution in [2.75, 3.05) is 13.2 Å². The Hall–Kier alpha value is -1.06. The molecule has 1 heterocycles. The number of ether oxygens (including phenoxy) is 1. The molecule has 0 spiro atoms. The summed E-state index contributed by atoms with van der Waals surface area (Å²) in [4.78, 5) is 21.4. The van der Waals surface area contributed by atoms with Crippen LogP contribution in [0.2, 0.25) is 0 Å². The van der Waals surface area contributed by atoms with Gasteiger partial charge in [0, 0.05) is 12.0 Å². The van der Waals surface area contributed by atoms with E-state index in [1.54, 1.807) is 0 Å². The van der Waals surface area contributed by atoms with E-state index in [1.165, 1.54) is 0 Å². The van der Waals surface area contributed by atoms with E-state index < -0.39 is 11.9 Å². The predicted molar refractivity (Wildman–Crippen MR) is 37.7 cm³/mol. The molecule has 62 valence electrons. The first-order valence-electron chi connectivity index (χ1n) is 3.46. The summed E-state index contributed by atoms with van der Waals surface area (Å²) < 4.78 is 4.68. The van der Waals surface area contributed by atoms with Crippen molar-refractivity contribution in [1.29, 1.82) is 0 Å².